The molecule has 3 N–H and O–H groups in total. The Morgan fingerprint density at radius 1 is 0.690 bits per heavy atom. The van der Waals surface area contributed by atoms with Gasteiger partial charge >= 0.3 is 0 Å². The van der Waals surface area contributed by atoms with Crippen LogP contribution >= 0.6 is 0 Å². The minimum Gasteiger partial charge on any atom is -0.484 e. The van der Waals surface area contributed by atoms with Crippen molar-refractivity contribution in [2.75, 3.05) is 11.9 Å². The lowest BCUT2D eigenvalue weighted by Gasteiger charge is -2.09. The van der Waals surface area contributed by atoms with Crippen LogP contribution in [-0.2, 0) is 14.4 Å². The van der Waals surface area contributed by atoms with Crippen LogP contribution in [0.4, 0.5) is 5.69 Å². The summed E-state index contributed by atoms with van der Waals surface area (Å²) in [5.74, 6) is -0.687. The van der Waals surface area contributed by atoms with Crippen molar-refractivity contribution in [2.45, 2.75) is 12.8 Å². The largest absolute Gasteiger partial charge is 0.484 e. The molecule has 0 aliphatic heterocycles. The molecule has 0 unspecified atom stereocenters. The molecule has 0 aliphatic rings. The molecule has 0 bridgehead atoms. The zero-order valence-corrected chi connectivity index (χ0v) is 15.7. The van der Waals surface area contributed by atoms with Crippen LogP contribution in [0.25, 0.3) is 10.8 Å². The maximum atomic E-state index is 11.8. The Morgan fingerprint density at radius 2 is 1.34 bits per heavy atom. The second kappa shape index (κ2) is 9.89. The van der Waals surface area contributed by atoms with Gasteiger partial charge in [0.05, 0.1) is 0 Å². The second-order valence-corrected chi connectivity index (χ2v) is 6.31. The summed E-state index contributed by atoms with van der Waals surface area (Å²) in [5, 5.41) is 4.77. The van der Waals surface area contributed by atoms with Gasteiger partial charge in [-0.15, -0.1) is 0 Å². The molecule has 148 valence electrons. The maximum Gasteiger partial charge on any atom is 0.276 e. The van der Waals surface area contributed by atoms with Crippen molar-refractivity contribution in [3.63, 3.8) is 0 Å². The third-order valence-corrected chi connectivity index (χ3v) is 4.07. The monoisotopic (exact) mass is 391 g/mol. The van der Waals surface area contributed by atoms with Gasteiger partial charge < -0.3 is 10.1 Å². The molecule has 7 nitrogen and oxygen atoms in total. The van der Waals surface area contributed by atoms with Gasteiger partial charge in [-0.05, 0) is 35.0 Å². The standard InChI is InChI=1S/C22H21N3O4/c26-20(23-18-8-2-1-3-9-18)12-13-21(27)24-25-22(28)15-29-19-11-10-16-6-4-5-7-17(16)14-19/h1-11,14H,12-13,15H2,(H,23,26)(H,24,27)(H,25,28). The average molecular weight is 391 g/mol. The predicted molar refractivity (Wildman–Crippen MR) is 110 cm³/mol. The first kappa shape index (κ1) is 19.9. The lowest BCUT2D eigenvalue weighted by molar-refractivity contribution is -0.130. The Labute approximate surface area is 168 Å². The van der Waals surface area contributed by atoms with Crippen LogP contribution in [-0.4, -0.2) is 24.3 Å². The zero-order valence-electron chi connectivity index (χ0n) is 15.7. The van der Waals surface area contributed by atoms with Gasteiger partial charge in [-0.2, -0.15) is 0 Å². The van der Waals surface area contributed by atoms with Crippen molar-refractivity contribution in [3.05, 3.63) is 72.8 Å². The second-order valence-electron chi connectivity index (χ2n) is 6.31. The van der Waals surface area contributed by atoms with E-state index in [4.69, 9.17) is 4.74 Å². The Kier molecular flexibility index (Phi) is 6.78. The van der Waals surface area contributed by atoms with Crippen molar-refractivity contribution in [3.8, 4) is 5.75 Å². The molecule has 0 aliphatic carbocycles. The number of hydrazine groups is 1. The fraction of sp³-hybridized carbons (Fsp3) is 0.136. The minimum atomic E-state index is -0.500. The van der Waals surface area contributed by atoms with Crippen LogP contribution in [0.5, 0.6) is 5.75 Å². The highest BCUT2D eigenvalue weighted by Crippen LogP contribution is 2.20. The number of hydrogen-bond acceptors (Lipinski definition) is 4. The number of benzene rings is 3. The third-order valence-electron chi connectivity index (χ3n) is 4.07. The Balaban J connectivity index is 1.35. The molecule has 0 saturated heterocycles. The molecule has 0 atom stereocenters. The number of fused-ring (bicyclic) bond motifs is 1. The van der Waals surface area contributed by atoms with Crippen molar-refractivity contribution in [1.82, 2.24) is 10.9 Å². The summed E-state index contributed by atoms with van der Waals surface area (Å²) in [5.41, 5.74) is 5.20. The summed E-state index contributed by atoms with van der Waals surface area (Å²) in [6, 6.07) is 22.3. The lowest BCUT2D eigenvalue weighted by atomic mass is 10.1. The average Bonchev–Trinajstić information content (AvgIpc) is 2.75. The molecule has 0 radical (unpaired) electrons. The van der Waals surface area contributed by atoms with E-state index >= 15 is 0 Å². The van der Waals surface area contributed by atoms with Gasteiger partial charge in [0.15, 0.2) is 6.61 Å². The summed E-state index contributed by atoms with van der Waals surface area (Å²) in [7, 11) is 0. The Morgan fingerprint density at radius 3 is 2.14 bits per heavy atom. The molecule has 3 rings (SSSR count). The highest BCUT2D eigenvalue weighted by molar-refractivity contribution is 5.93. The SMILES string of the molecule is O=C(CCC(=O)Nc1ccccc1)NNC(=O)COc1ccc2ccccc2c1. The van der Waals surface area contributed by atoms with E-state index in [1.54, 1.807) is 30.3 Å². The number of para-hydroxylation sites is 1. The topological polar surface area (TPSA) is 96.5 Å². The van der Waals surface area contributed by atoms with E-state index in [1.807, 2.05) is 42.5 Å². The van der Waals surface area contributed by atoms with Crippen LogP contribution in [0.15, 0.2) is 72.8 Å². The molecule has 0 spiro atoms. The molecule has 0 aromatic heterocycles. The summed E-state index contributed by atoms with van der Waals surface area (Å²) in [4.78, 5) is 35.4. The summed E-state index contributed by atoms with van der Waals surface area (Å²) in [6.07, 6.45) is -0.0470. The van der Waals surface area contributed by atoms with Crippen LogP contribution in [0.3, 0.4) is 0 Å². The summed E-state index contributed by atoms with van der Waals surface area (Å²) < 4.78 is 5.45. The van der Waals surface area contributed by atoms with Crippen LogP contribution in [0, 0.1) is 0 Å². The van der Waals surface area contributed by atoms with Gasteiger partial charge in [0.2, 0.25) is 11.8 Å². The Bertz CT molecular complexity index is 1010. The number of rotatable bonds is 7. The molecule has 0 fully saturated rings. The van der Waals surface area contributed by atoms with Crippen molar-refractivity contribution >= 4 is 34.2 Å². The number of nitrogens with one attached hydrogen (secondary N) is 3. The van der Waals surface area contributed by atoms with Gasteiger partial charge in [0.25, 0.3) is 5.91 Å². The number of hydrogen-bond donors (Lipinski definition) is 3. The van der Waals surface area contributed by atoms with Crippen LogP contribution in [0.2, 0.25) is 0 Å². The van der Waals surface area contributed by atoms with E-state index < -0.39 is 11.8 Å². The molecule has 3 amide bonds. The quantitative estimate of drug-likeness (QED) is 0.540. The third kappa shape index (κ3) is 6.35. The van der Waals surface area contributed by atoms with E-state index in [-0.39, 0.29) is 25.4 Å². The fourth-order valence-corrected chi connectivity index (χ4v) is 2.62. The van der Waals surface area contributed by atoms with Gasteiger partial charge in [-0.1, -0.05) is 48.5 Å². The molecular formula is C22H21N3O4. The molecule has 3 aromatic rings. The number of amides is 3. The first-order valence-electron chi connectivity index (χ1n) is 9.14. The van der Waals surface area contributed by atoms with Gasteiger partial charge in [0.1, 0.15) is 5.75 Å². The lowest BCUT2D eigenvalue weighted by Crippen LogP contribution is -2.44. The van der Waals surface area contributed by atoms with Crippen LogP contribution in [0.1, 0.15) is 12.8 Å². The van der Waals surface area contributed by atoms with Crippen molar-refractivity contribution in [1.29, 1.82) is 0 Å². The maximum absolute atomic E-state index is 11.8. The van der Waals surface area contributed by atoms with E-state index in [1.165, 1.54) is 0 Å². The van der Waals surface area contributed by atoms with Crippen molar-refractivity contribution in [2.24, 2.45) is 0 Å². The smallest absolute Gasteiger partial charge is 0.276 e. The molecule has 0 saturated carbocycles. The molecule has 7 heteroatoms. The summed E-state index contributed by atoms with van der Waals surface area (Å²) in [6.45, 7) is -0.243. The van der Waals surface area contributed by atoms with E-state index in [0.29, 0.717) is 11.4 Å². The van der Waals surface area contributed by atoms with E-state index in [9.17, 15) is 14.4 Å². The zero-order chi connectivity index (χ0) is 20.5. The van der Waals surface area contributed by atoms with E-state index in [2.05, 4.69) is 16.2 Å². The summed E-state index contributed by atoms with van der Waals surface area (Å²) >= 11 is 0. The first-order valence-corrected chi connectivity index (χ1v) is 9.14. The molecular weight excluding hydrogens is 370 g/mol. The first-order chi connectivity index (χ1) is 14.1. The van der Waals surface area contributed by atoms with Crippen LogP contribution < -0.4 is 20.9 Å². The number of carbonyl (C=O) groups excluding carboxylic acids is 3. The highest BCUT2D eigenvalue weighted by atomic mass is 16.5. The molecule has 0 heterocycles. The number of anilines is 1. The van der Waals surface area contributed by atoms with E-state index in [0.717, 1.165) is 10.8 Å². The van der Waals surface area contributed by atoms with Gasteiger partial charge in [-0.3, -0.25) is 25.2 Å². The van der Waals surface area contributed by atoms with Gasteiger partial charge in [0, 0.05) is 18.5 Å². The van der Waals surface area contributed by atoms with Gasteiger partial charge in [-0.25, -0.2) is 0 Å². The highest BCUT2D eigenvalue weighted by Gasteiger charge is 2.09. The normalized spacial score (nSPS) is 10.2. The van der Waals surface area contributed by atoms with Crippen molar-refractivity contribution < 1.29 is 19.1 Å². The predicted octanol–water partition coefficient (Wildman–Crippen LogP) is 2.78. The molecule has 3 aromatic carbocycles. The Hall–Kier alpha value is -3.87. The minimum absolute atomic E-state index is 0.00415. The number of ether oxygens (including phenoxy) is 1. The molecule has 29 heavy (non-hydrogen) atoms. The number of carbonyl (C=O) groups is 3. The fourth-order valence-electron chi connectivity index (χ4n) is 2.62.